The Hall–Kier alpha value is -1.81. The number of benzene rings is 2. The van der Waals surface area contributed by atoms with Crippen LogP contribution in [0.2, 0.25) is 0 Å². The zero-order valence-electron chi connectivity index (χ0n) is 13.9. The molecule has 0 aliphatic carbocycles. The number of carbonyl (C=O) groups excluding carboxylic acids is 1. The highest BCUT2D eigenvalue weighted by Gasteiger charge is 2.13. The van der Waals surface area contributed by atoms with Crippen molar-refractivity contribution in [3.8, 4) is 0 Å². The number of anilines is 1. The topological polar surface area (TPSA) is 29.1 Å². The zero-order chi connectivity index (χ0) is 17.0. The van der Waals surface area contributed by atoms with Crippen LogP contribution in [0.3, 0.4) is 0 Å². The molecule has 0 atom stereocenters. The molecule has 0 unspecified atom stereocenters. The van der Waals surface area contributed by atoms with Crippen molar-refractivity contribution in [3.05, 3.63) is 59.4 Å². The normalized spacial score (nSPS) is 11.3. The first kappa shape index (κ1) is 17.5. The van der Waals surface area contributed by atoms with Gasteiger partial charge < -0.3 is 5.32 Å². The van der Waals surface area contributed by atoms with Gasteiger partial charge in [0.25, 0.3) is 0 Å². The Kier molecular flexibility index (Phi) is 5.47. The summed E-state index contributed by atoms with van der Waals surface area (Å²) < 4.78 is 13.2. The number of hydrogen-bond donors (Lipinski definition) is 1. The lowest BCUT2D eigenvalue weighted by atomic mass is 9.87. The van der Waals surface area contributed by atoms with Gasteiger partial charge in [-0.3, -0.25) is 4.79 Å². The zero-order valence-corrected chi connectivity index (χ0v) is 14.8. The van der Waals surface area contributed by atoms with Gasteiger partial charge in [-0.05, 0) is 47.7 Å². The van der Waals surface area contributed by atoms with E-state index < -0.39 is 0 Å². The molecule has 2 rings (SSSR count). The number of amides is 1. The maximum absolute atomic E-state index is 13.2. The van der Waals surface area contributed by atoms with Gasteiger partial charge in [-0.2, -0.15) is 0 Å². The molecule has 4 heteroatoms. The second-order valence-corrected chi connectivity index (χ2v) is 7.62. The maximum atomic E-state index is 13.2. The molecule has 0 bridgehead atoms. The quantitative estimate of drug-likeness (QED) is 0.784. The van der Waals surface area contributed by atoms with Crippen LogP contribution in [0, 0.1) is 12.7 Å². The molecule has 0 heterocycles. The number of carbonyl (C=O) groups is 1. The number of thioether (sulfide) groups is 1. The minimum absolute atomic E-state index is 0.121. The summed E-state index contributed by atoms with van der Waals surface area (Å²) in [4.78, 5) is 13.1. The van der Waals surface area contributed by atoms with E-state index in [2.05, 4.69) is 38.2 Å². The predicted molar refractivity (Wildman–Crippen MR) is 95.6 cm³/mol. The van der Waals surface area contributed by atoms with E-state index in [0.29, 0.717) is 11.4 Å². The molecule has 0 saturated carbocycles. The highest BCUT2D eigenvalue weighted by atomic mass is 32.2. The van der Waals surface area contributed by atoms with Crippen molar-refractivity contribution in [2.75, 3.05) is 11.1 Å². The van der Waals surface area contributed by atoms with Gasteiger partial charge in [0.2, 0.25) is 5.91 Å². The second-order valence-electron chi connectivity index (χ2n) is 6.57. The van der Waals surface area contributed by atoms with Gasteiger partial charge in [0.15, 0.2) is 0 Å². The van der Waals surface area contributed by atoms with E-state index in [0.717, 1.165) is 10.5 Å². The van der Waals surface area contributed by atoms with Crippen LogP contribution in [-0.2, 0) is 10.2 Å². The van der Waals surface area contributed by atoms with Crippen molar-refractivity contribution < 1.29 is 9.18 Å². The highest BCUT2D eigenvalue weighted by Crippen LogP contribution is 2.26. The Morgan fingerprint density at radius 1 is 1.13 bits per heavy atom. The number of halogens is 1. The van der Waals surface area contributed by atoms with Crippen LogP contribution in [0.15, 0.2) is 47.4 Å². The van der Waals surface area contributed by atoms with Gasteiger partial charge in [0, 0.05) is 10.6 Å². The van der Waals surface area contributed by atoms with Gasteiger partial charge in [-0.25, -0.2) is 4.39 Å². The molecule has 23 heavy (non-hydrogen) atoms. The minimum atomic E-state index is -0.351. The Morgan fingerprint density at radius 3 is 2.39 bits per heavy atom. The Morgan fingerprint density at radius 2 is 1.78 bits per heavy atom. The summed E-state index contributed by atoms with van der Waals surface area (Å²) in [6.07, 6.45) is 0. The van der Waals surface area contributed by atoms with Crippen LogP contribution in [0.1, 0.15) is 31.9 Å². The monoisotopic (exact) mass is 331 g/mol. The van der Waals surface area contributed by atoms with Crippen LogP contribution in [0.5, 0.6) is 0 Å². The van der Waals surface area contributed by atoms with Gasteiger partial charge in [-0.15, -0.1) is 11.8 Å². The second kappa shape index (κ2) is 7.18. The average molecular weight is 331 g/mol. The number of aryl methyl sites for hydroxylation is 1. The summed E-state index contributed by atoms with van der Waals surface area (Å²) in [5.74, 6) is -0.190. The summed E-state index contributed by atoms with van der Waals surface area (Å²) in [5, 5.41) is 2.76. The van der Waals surface area contributed by atoms with Crippen molar-refractivity contribution in [1.82, 2.24) is 0 Å². The molecule has 2 aromatic rings. The van der Waals surface area contributed by atoms with Gasteiger partial charge in [0.05, 0.1) is 5.75 Å². The summed E-state index contributed by atoms with van der Waals surface area (Å²) in [6, 6.07) is 12.6. The summed E-state index contributed by atoms with van der Waals surface area (Å²) >= 11 is 1.47. The molecule has 122 valence electrons. The molecular weight excluding hydrogens is 309 g/mol. The van der Waals surface area contributed by atoms with Crippen molar-refractivity contribution in [2.45, 2.75) is 38.0 Å². The molecule has 0 aliphatic heterocycles. The Bertz CT molecular complexity index is 690. The Balaban J connectivity index is 1.93. The molecule has 1 amide bonds. The minimum Gasteiger partial charge on any atom is -0.325 e. The first-order chi connectivity index (χ1) is 10.8. The van der Waals surface area contributed by atoms with E-state index >= 15 is 0 Å². The smallest absolute Gasteiger partial charge is 0.234 e. The standard InChI is InChI=1S/C19H22FNOS/c1-13-5-8-15(20)11-17(13)21-18(22)12-23-16-9-6-14(7-10-16)19(2,3)4/h5-11H,12H2,1-4H3,(H,21,22). The SMILES string of the molecule is Cc1ccc(F)cc1NC(=O)CSc1ccc(C(C)(C)C)cc1. The fourth-order valence-corrected chi connectivity index (χ4v) is 2.81. The molecule has 2 aromatic carbocycles. The lowest BCUT2D eigenvalue weighted by molar-refractivity contribution is -0.113. The van der Waals surface area contributed by atoms with Gasteiger partial charge in [0.1, 0.15) is 5.82 Å². The van der Waals surface area contributed by atoms with Crippen LogP contribution in [0.4, 0.5) is 10.1 Å². The van der Waals surface area contributed by atoms with E-state index in [9.17, 15) is 9.18 Å². The van der Waals surface area contributed by atoms with Crippen LogP contribution in [0.25, 0.3) is 0 Å². The fourth-order valence-electron chi connectivity index (χ4n) is 2.12. The molecule has 0 radical (unpaired) electrons. The predicted octanol–water partition coefficient (Wildman–Crippen LogP) is 5.16. The average Bonchev–Trinajstić information content (AvgIpc) is 2.48. The third-order valence-electron chi connectivity index (χ3n) is 3.56. The van der Waals surface area contributed by atoms with Gasteiger partial charge in [-0.1, -0.05) is 39.0 Å². The number of nitrogens with one attached hydrogen (secondary N) is 1. The van der Waals surface area contributed by atoms with Crippen LogP contribution < -0.4 is 5.32 Å². The van der Waals surface area contributed by atoms with E-state index in [4.69, 9.17) is 0 Å². The lowest BCUT2D eigenvalue weighted by Crippen LogP contribution is -2.15. The van der Waals surface area contributed by atoms with Crippen molar-refractivity contribution >= 4 is 23.4 Å². The van der Waals surface area contributed by atoms with Crippen molar-refractivity contribution in [3.63, 3.8) is 0 Å². The third kappa shape index (κ3) is 5.10. The van der Waals surface area contributed by atoms with E-state index in [1.54, 1.807) is 6.07 Å². The third-order valence-corrected chi connectivity index (χ3v) is 4.58. The first-order valence-corrected chi connectivity index (χ1v) is 8.53. The summed E-state index contributed by atoms with van der Waals surface area (Å²) in [7, 11) is 0. The van der Waals surface area contributed by atoms with E-state index in [1.807, 2.05) is 19.1 Å². The molecule has 0 spiro atoms. The van der Waals surface area contributed by atoms with E-state index in [-0.39, 0.29) is 17.1 Å². The molecule has 0 fully saturated rings. The van der Waals surface area contributed by atoms with Gasteiger partial charge >= 0.3 is 0 Å². The summed E-state index contributed by atoms with van der Waals surface area (Å²) in [6.45, 7) is 8.35. The van der Waals surface area contributed by atoms with Crippen LogP contribution in [-0.4, -0.2) is 11.7 Å². The van der Waals surface area contributed by atoms with E-state index in [1.165, 1.54) is 29.5 Å². The number of hydrogen-bond acceptors (Lipinski definition) is 2. The highest BCUT2D eigenvalue weighted by molar-refractivity contribution is 8.00. The van der Waals surface area contributed by atoms with Crippen molar-refractivity contribution in [2.24, 2.45) is 0 Å². The van der Waals surface area contributed by atoms with Crippen LogP contribution >= 0.6 is 11.8 Å². The lowest BCUT2D eigenvalue weighted by Gasteiger charge is -2.19. The summed E-state index contributed by atoms with van der Waals surface area (Å²) in [5.41, 5.74) is 2.76. The molecular formula is C19H22FNOS. The number of rotatable bonds is 4. The van der Waals surface area contributed by atoms with Crippen molar-refractivity contribution in [1.29, 1.82) is 0 Å². The maximum Gasteiger partial charge on any atom is 0.234 e. The molecule has 2 nitrogen and oxygen atoms in total. The molecule has 0 saturated heterocycles. The molecule has 0 aliphatic rings. The largest absolute Gasteiger partial charge is 0.325 e. The fraction of sp³-hybridized carbons (Fsp3) is 0.316. The first-order valence-electron chi connectivity index (χ1n) is 7.55. The molecule has 1 N–H and O–H groups in total. The Labute approximate surface area is 141 Å². The molecule has 0 aromatic heterocycles.